The molecule has 0 spiro atoms. The zero-order valence-corrected chi connectivity index (χ0v) is 11.9. The van der Waals surface area contributed by atoms with Crippen molar-refractivity contribution in [3.05, 3.63) is 36.0 Å². The average Bonchev–Trinajstić information content (AvgIpc) is 2.79. The van der Waals surface area contributed by atoms with E-state index in [0.717, 1.165) is 13.0 Å². The summed E-state index contributed by atoms with van der Waals surface area (Å²) in [7, 11) is 0. The summed E-state index contributed by atoms with van der Waals surface area (Å²) >= 11 is 0. The maximum absolute atomic E-state index is 3.51. The van der Waals surface area contributed by atoms with Gasteiger partial charge in [0.15, 0.2) is 0 Å². The van der Waals surface area contributed by atoms with Gasteiger partial charge in [-0.05, 0) is 30.4 Å². The monoisotopic (exact) mass is 244 g/mol. The number of nitrogens with one attached hydrogen (secondary N) is 1. The molecule has 1 heterocycles. The fourth-order valence-electron chi connectivity index (χ4n) is 2.32. The van der Waals surface area contributed by atoms with Crippen molar-refractivity contribution in [1.82, 2.24) is 9.88 Å². The minimum absolute atomic E-state index is 0.521. The van der Waals surface area contributed by atoms with Crippen LogP contribution in [0.4, 0.5) is 0 Å². The zero-order valence-electron chi connectivity index (χ0n) is 11.9. The van der Waals surface area contributed by atoms with Gasteiger partial charge in [0.2, 0.25) is 0 Å². The topological polar surface area (TPSA) is 17.0 Å². The molecule has 0 amide bonds. The van der Waals surface area contributed by atoms with Crippen LogP contribution in [0.3, 0.4) is 0 Å². The second kappa shape index (κ2) is 5.57. The largest absolute Gasteiger partial charge is 0.344 e. The first-order valence-corrected chi connectivity index (χ1v) is 6.95. The van der Waals surface area contributed by atoms with Crippen molar-refractivity contribution < 1.29 is 0 Å². The number of nitrogens with zero attached hydrogens (tertiary/aromatic N) is 1. The Balaban J connectivity index is 2.42. The number of hydrogen-bond acceptors (Lipinski definition) is 1. The van der Waals surface area contributed by atoms with Crippen LogP contribution in [-0.4, -0.2) is 10.6 Å². The summed E-state index contributed by atoms with van der Waals surface area (Å²) in [5.41, 5.74) is 2.78. The van der Waals surface area contributed by atoms with Crippen molar-refractivity contribution in [2.45, 2.75) is 52.7 Å². The smallest absolute Gasteiger partial charge is 0.0528 e. The summed E-state index contributed by atoms with van der Waals surface area (Å²) in [6.45, 7) is 9.84. The number of para-hydroxylation sites is 1. The van der Waals surface area contributed by atoms with E-state index in [-0.39, 0.29) is 0 Å². The lowest BCUT2D eigenvalue weighted by molar-refractivity contribution is 0.543. The summed E-state index contributed by atoms with van der Waals surface area (Å²) in [5, 5.41) is 4.86. The Hall–Kier alpha value is -1.28. The third-order valence-electron chi connectivity index (χ3n) is 3.59. The van der Waals surface area contributed by atoms with Crippen molar-refractivity contribution >= 4 is 10.9 Å². The van der Waals surface area contributed by atoms with E-state index in [4.69, 9.17) is 0 Å². The Labute approximate surface area is 110 Å². The van der Waals surface area contributed by atoms with Crippen molar-refractivity contribution in [1.29, 1.82) is 0 Å². The Kier molecular flexibility index (Phi) is 4.07. The van der Waals surface area contributed by atoms with Crippen molar-refractivity contribution in [3.8, 4) is 0 Å². The predicted octanol–water partition coefficient (Wildman–Crippen LogP) is 4.11. The van der Waals surface area contributed by atoms with Gasteiger partial charge in [0.25, 0.3) is 0 Å². The van der Waals surface area contributed by atoms with Crippen LogP contribution in [0.15, 0.2) is 30.5 Å². The van der Waals surface area contributed by atoms with Gasteiger partial charge in [-0.2, -0.15) is 0 Å². The van der Waals surface area contributed by atoms with E-state index in [2.05, 4.69) is 68.0 Å². The molecule has 2 rings (SSSR count). The minimum atomic E-state index is 0.521. The maximum atomic E-state index is 3.51. The van der Waals surface area contributed by atoms with Gasteiger partial charge in [-0.1, -0.05) is 39.0 Å². The van der Waals surface area contributed by atoms with E-state index in [9.17, 15) is 0 Å². The number of aromatic nitrogens is 1. The van der Waals surface area contributed by atoms with Gasteiger partial charge in [0, 0.05) is 24.8 Å². The van der Waals surface area contributed by atoms with E-state index >= 15 is 0 Å². The molecule has 18 heavy (non-hydrogen) atoms. The Morgan fingerprint density at radius 1 is 1.17 bits per heavy atom. The van der Waals surface area contributed by atoms with Gasteiger partial charge >= 0.3 is 0 Å². The average molecular weight is 244 g/mol. The molecule has 2 nitrogen and oxygen atoms in total. The highest BCUT2D eigenvalue weighted by Gasteiger charge is 2.10. The highest BCUT2D eigenvalue weighted by molar-refractivity contribution is 5.83. The first-order valence-electron chi connectivity index (χ1n) is 6.95. The van der Waals surface area contributed by atoms with Crippen LogP contribution in [0.2, 0.25) is 0 Å². The summed E-state index contributed by atoms with van der Waals surface area (Å²) in [5.74, 6) is 0. The van der Waals surface area contributed by atoms with Gasteiger partial charge in [0.05, 0.1) is 5.52 Å². The molecule has 1 aromatic carbocycles. The zero-order chi connectivity index (χ0) is 13.1. The minimum Gasteiger partial charge on any atom is -0.344 e. The molecule has 0 aliphatic rings. The van der Waals surface area contributed by atoms with E-state index in [1.54, 1.807) is 0 Å². The fourth-order valence-corrected chi connectivity index (χ4v) is 2.32. The number of hydrogen-bond donors (Lipinski definition) is 1. The van der Waals surface area contributed by atoms with Crippen LogP contribution in [0.5, 0.6) is 0 Å². The third-order valence-corrected chi connectivity index (χ3v) is 3.59. The van der Waals surface area contributed by atoms with Crippen LogP contribution >= 0.6 is 0 Å². The molecule has 0 saturated heterocycles. The van der Waals surface area contributed by atoms with E-state index in [1.165, 1.54) is 16.5 Å². The summed E-state index contributed by atoms with van der Waals surface area (Å²) in [4.78, 5) is 0. The molecule has 98 valence electrons. The van der Waals surface area contributed by atoms with Gasteiger partial charge in [-0.25, -0.2) is 0 Å². The second-order valence-electron chi connectivity index (χ2n) is 5.37. The highest BCUT2D eigenvalue weighted by atomic mass is 15.0. The molecule has 0 bridgehead atoms. The molecule has 2 aromatic rings. The van der Waals surface area contributed by atoms with E-state index in [0.29, 0.717) is 12.1 Å². The van der Waals surface area contributed by atoms with E-state index < -0.39 is 0 Å². The van der Waals surface area contributed by atoms with Gasteiger partial charge in [-0.15, -0.1) is 0 Å². The molecule has 0 radical (unpaired) electrons. The molecule has 1 N–H and O–H groups in total. The number of fused-ring (bicyclic) bond motifs is 1. The van der Waals surface area contributed by atoms with Gasteiger partial charge < -0.3 is 9.88 Å². The van der Waals surface area contributed by atoms with Crippen LogP contribution in [0, 0.1) is 0 Å². The lowest BCUT2D eigenvalue weighted by Crippen LogP contribution is -2.22. The normalized spacial score (nSPS) is 13.4. The Morgan fingerprint density at radius 2 is 1.94 bits per heavy atom. The van der Waals surface area contributed by atoms with Gasteiger partial charge in [0.1, 0.15) is 0 Å². The first-order chi connectivity index (χ1) is 8.63. The molecule has 1 unspecified atom stereocenters. The lowest BCUT2D eigenvalue weighted by Gasteiger charge is -2.16. The standard InChI is InChI=1S/C16H24N2/c1-5-13(4)18-10-9-14-7-6-8-15(16(14)18)11-17-12(2)3/h6-10,12-13,17H,5,11H2,1-4H3. The SMILES string of the molecule is CCC(C)n1ccc2cccc(CNC(C)C)c21. The molecule has 0 aliphatic heterocycles. The summed E-state index contributed by atoms with van der Waals surface area (Å²) in [6.07, 6.45) is 3.38. The summed E-state index contributed by atoms with van der Waals surface area (Å²) in [6, 6.07) is 9.89. The molecular formula is C16H24N2. The molecular weight excluding hydrogens is 220 g/mol. The molecule has 0 saturated carbocycles. The maximum Gasteiger partial charge on any atom is 0.0528 e. The third kappa shape index (κ3) is 2.59. The lowest BCUT2D eigenvalue weighted by atomic mass is 10.1. The van der Waals surface area contributed by atoms with Gasteiger partial charge in [-0.3, -0.25) is 0 Å². The molecule has 0 aliphatic carbocycles. The van der Waals surface area contributed by atoms with Crippen LogP contribution in [0.25, 0.3) is 10.9 Å². The number of benzene rings is 1. The molecule has 1 aromatic heterocycles. The Bertz CT molecular complexity index is 511. The van der Waals surface area contributed by atoms with Crippen LogP contribution < -0.4 is 5.32 Å². The van der Waals surface area contributed by atoms with Crippen molar-refractivity contribution in [2.24, 2.45) is 0 Å². The molecule has 2 heteroatoms. The Morgan fingerprint density at radius 3 is 2.61 bits per heavy atom. The summed E-state index contributed by atoms with van der Waals surface area (Å²) < 4.78 is 2.41. The van der Waals surface area contributed by atoms with Crippen LogP contribution in [-0.2, 0) is 6.54 Å². The predicted molar refractivity (Wildman–Crippen MR) is 78.9 cm³/mol. The van der Waals surface area contributed by atoms with Crippen molar-refractivity contribution in [3.63, 3.8) is 0 Å². The van der Waals surface area contributed by atoms with E-state index in [1.807, 2.05) is 0 Å². The van der Waals surface area contributed by atoms with Crippen molar-refractivity contribution in [2.75, 3.05) is 0 Å². The molecule has 1 atom stereocenters. The number of rotatable bonds is 5. The van der Waals surface area contributed by atoms with Crippen LogP contribution in [0.1, 0.15) is 45.7 Å². The highest BCUT2D eigenvalue weighted by Crippen LogP contribution is 2.25. The molecule has 0 fully saturated rings. The second-order valence-corrected chi connectivity index (χ2v) is 5.37. The fraction of sp³-hybridized carbons (Fsp3) is 0.500. The quantitative estimate of drug-likeness (QED) is 0.837. The first kappa shape index (κ1) is 13.2.